The topological polar surface area (TPSA) is 51.2 Å². The molecule has 1 N–H and O–H groups in total. The Balaban J connectivity index is 2.24. The van der Waals surface area contributed by atoms with Gasteiger partial charge in [0.2, 0.25) is 11.3 Å². The van der Waals surface area contributed by atoms with Crippen molar-refractivity contribution >= 4 is 51.2 Å². The Morgan fingerprint density at radius 2 is 2.19 bits per heavy atom. The first kappa shape index (κ1) is 20.8. The van der Waals surface area contributed by atoms with Gasteiger partial charge in [-0.05, 0) is 61.2 Å². The van der Waals surface area contributed by atoms with Gasteiger partial charge in [0.25, 0.3) is 5.91 Å². The number of halogens is 1. The number of thioether (sulfide) groups is 1. The van der Waals surface area contributed by atoms with E-state index in [-0.39, 0.29) is 5.91 Å². The highest BCUT2D eigenvalue weighted by Gasteiger charge is 2.26. The summed E-state index contributed by atoms with van der Waals surface area (Å²) in [4.78, 5) is 17.3. The quantitative estimate of drug-likeness (QED) is 0.387. The molecule has 0 spiro atoms. The first-order valence-electron chi connectivity index (χ1n) is 8.34. The van der Waals surface area contributed by atoms with Crippen molar-refractivity contribution < 1.29 is 9.53 Å². The molecule has 2 aromatic rings. The van der Waals surface area contributed by atoms with E-state index in [1.165, 1.54) is 11.8 Å². The minimum atomic E-state index is -0.694. The van der Waals surface area contributed by atoms with E-state index < -0.39 is 11.0 Å². The van der Waals surface area contributed by atoms with Crippen molar-refractivity contribution in [2.45, 2.75) is 45.1 Å². The Bertz CT molecular complexity index is 871. The fourth-order valence-corrected chi connectivity index (χ4v) is 3.45. The Morgan fingerprint density at radius 3 is 2.85 bits per heavy atom. The van der Waals surface area contributed by atoms with Crippen LogP contribution in [0.5, 0.6) is 5.88 Å². The number of amides is 1. The molecule has 0 aliphatic heterocycles. The Hall–Kier alpha value is -1.46. The molecule has 1 amide bonds. The molecule has 0 saturated heterocycles. The average Bonchev–Trinajstić information content (AvgIpc) is 2.58. The Morgan fingerprint density at radius 1 is 1.46 bits per heavy atom. The maximum Gasteiger partial charge on any atom is 0.272 e. The van der Waals surface area contributed by atoms with Gasteiger partial charge >= 0.3 is 0 Å². The SMILES string of the molecule is CCC#CC(C)(C)NC(=O)C(Oc1nc2c(C)cccc2cc1I)SC. The average molecular weight is 482 g/mol. The molecule has 1 heterocycles. The minimum Gasteiger partial charge on any atom is -0.452 e. The molecule has 1 aromatic heterocycles. The van der Waals surface area contributed by atoms with Crippen molar-refractivity contribution in [3.8, 4) is 17.7 Å². The number of benzene rings is 1. The van der Waals surface area contributed by atoms with Gasteiger partial charge < -0.3 is 10.1 Å². The van der Waals surface area contributed by atoms with Gasteiger partial charge in [0.15, 0.2) is 0 Å². The van der Waals surface area contributed by atoms with E-state index in [4.69, 9.17) is 4.74 Å². The lowest BCUT2D eigenvalue weighted by Gasteiger charge is -2.24. The van der Waals surface area contributed by atoms with E-state index >= 15 is 0 Å². The molecule has 1 atom stereocenters. The third-order valence-electron chi connectivity index (χ3n) is 3.63. The predicted molar refractivity (Wildman–Crippen MR) is 117 cm³/mol. The smallest absolute Gasteiger partial charge is 0.272 e. The fourth-order valence-electron chi connectivity index (χ4n) is 2.40. The monoisotopic (exact) mass is 482 g/mol. The molecule has 1 aromatic carbocycles. The Kier molecular flexibility index (Phi) is 7.18. The number of fused-ring (bicyclic) bond motifs is 1. The molecule has 0 bridgehead atoms. The van der Waals surface area contributed by atoms with Crippen LogP contribution in [0.25, 0.3) is 10.9 Å². The summed E-state index contributed by atoms with van der Waals surface area (Å²) in [7, 11) is 0. The molecule has 1 unspecified atom stereocenters. The summed E-state index contributed by atoms with van der Waals surface area (Å²) >= 11 is 3.52. The zero-order chi connectivity index (χ0) is 19.3. The third kappa shape index (κ3) is 5.27. The van der Waals surface area contributed by atoms with Crippen LogP contribution in [-0.2, 0) is 4.79 Å². The standard InChI is InChI=1S/C20H23IN2O2S/c1-6-7-11-20(3,4)23-17(24)19(26-5)25-18-15(21)12-14-10-8-9-13(2)16(14)22-18/h8-10,12,19H,6H2,1-5H3,(H,23,24). The normalized spacial score (nSPS) is 12.2. The molecule has 138 valence electrons. The number of carbonyl (C=O) groups is 1. The summed E-state index contributed by atoms with van der Waals surface area (Å²) < 4.78 is 6.83. The van der Waals surface area contributed by atoms with Crippen LogP contribution in [-0.4, -0.2) is 28.1 Å². The summed E-state index contributed by atoms with van der Waals surface area (Å²) in [5, 5.41) is 4.00. The van der Waals surface area contributed by atoms with Crippen LogP contribution in [0, 0.1) is 22.3 Å². The summed E-state index contributed by atoms with van der Waals surface area (Å²) in [6, 6.07) is 8.07. The molecular formula is C20H23IN2O2S. The molecule has 0 saturated carbocycles. The number of aromatic nitrogens is 1. The van der Waals surface area contributed by atoms with Crippen molar-refractivity contribution in [3.63, 3.8) is 0 Å². The second kappa shape index (κ2) is 8.96. The van der Waals surface area contributed by atoms with E-state index in [9.17, 15) is 4.79 Å². The van der Waals surface area contributed by atoms with Gasteiger partial charge in [-0.3, -0.25) is 4.79 Å². The molecule has 0 radical (unpaired) electrons. The van der Waals surface area contributed by atoms with Crippen LogP contribution in [0.4, 0.5) is 0 Å². The van der Waals surface area contributed by atoms with Crippen LogP contribution in [0.2, 0.25) is 0 Å². The van der Waals surface area contributed by atoms with E-state index in [0.717, 1.165) is 26.5 Å². The second-order valence-electron chi connectivity index (χ2n) is 6.38. The van der Waals surface area contributed by atoms with Gasteiger partial charge in [0.05, 0.1) is 14.6 Å². The maximum absolute atomic E-state index is 12.6. The van der Waals surface area contributed by atoms with E-state index in [1.54, 1.807) is 0 Å². The first-order valence-corrected chi connectivity index (χ1v) is 10.7. The molecule has 6 heteroatoms. The molecule has 4 nitrogen and oxygen atoms in total. The van der Waals surface area contributed by atoms with Crippen molar-refractivity contribution in [1.29, 1.82) is 0 Å². The predicted octanol–water partition coefficient (Wildman–Crippen LogP) is 4.52. The number of nitrogens with zero attached hydrogens (tertiary/aromatic N) is 1. The number of ether oxygens (including phenoxy) is 1. The van der Waals surface area contributed by atoms with Crippen molar-refractivity contribution in [2.75, 3.05) is 6.26 Å². The molecule has 0 aliphatic carbocycles. The lowest BCUT2D eigenvalue weighted by atomic mass is 10.1. The number of nitrogens with one attached hydrogen (secondary N) is 1. The van der Waals surface area contributed by atoms with E-state index in [1.807, 2.05) is 58.2 Å². The van der Waals surface area contributed by atoms with E-state index in [0.29, 0.717) is 5.88 Å². The number of hydrogen-bond acceptors (Lipinski definition) is 4. The lowest BCUT2D eigenvalue weighted by molar-refractivity contribution is -0.125. The minimum absolute atomic E-state index is 0.213. The summed E-state index contributed by atoms with van der Waals surface area (Å²) in [6.07, 6.45) is 2.59. The van der Waals surface area contributed by atoms with E-state index in [2.05, 4.69) is 44.7 Å². The highest BCUT2D eigenvalue weighted by Crippen LogP contribution is 2.27. The van der Waals surface area contributed by atoms with Gasteiger partial charge in [-0.25, -0.2) is 4.98 Å². The summed E-state index contributed by atoms with van der Waals surface area (Å²) in [5.41, 5.74) is 0.660. The summed E-state index contributed by atoms with van der Waals surface area (Å²) in [6.45, 7) is 7.76. The van der Waals surface area contributed by atoms with Crippen LogP contribution < -0.4 is 10.1 Å². The number of rotatable bonds is 5. The third-order valence-corrected chi connectivity index (χ3v) is 5.14. The molecule has 26 heavy (non-hydrogen) atoms. The van der Waals surface area contributed by atoms with Crippen molar-refractivity contribution in [1.82, 2.24) is 10.3 Å². The van der Waals surface area contributed by atoms with Gasteiger partial charge in [0, 0.05) is 11.8 Å². The number of para-hydroxylation sites is 1. The number of pyridine rings is 1. The molecular weight excluding hydrogens is 459 g/mol. The molecule has 0 aliphatic rings. The zero-order valence-electron chi connectivity index (χ0n) is 15.6. The van der Waals surface area contributed by atoms with Gasteiger partial charge in [-0.2, -0.15) is 0 Å². The molecule has 2 rings (SSSR count). The molecule has 0 fully saturated rings. The van der Waals surface area contributed by atoms with Crippen LogP contribution in [0.15, 0.2) is 24.3 Å². The van der Waals surface area contributed by atoms with Crippen LogP contribution in [0.3, 0.4) is 0 Å². The van der Waals surface area contributed by atoms with Gasteiger partial charge in [0.1, 0.15) is 0 Å². The van der Waals surface area contributed by atoms with Crippen LogP contribution >= 0.6 is 34.4 Å². The van der Waals surface area contributed by atoms with Crippen molar-refractivity contribution in [2.24, 2.45) is 0 Å². The van der Waals surface area contributed by atoms with Crippen molar-refractivity contribution in [3.05, 3.63) is 33.4 Å². The number of aryl methyl sites for hydroxylation is 1. The largest absolute Gasteiger partial charge is 0.452 e. The highest BCUT2D eigenvalue weighted by atomic mass is 127. The van der Waals surface area contributed by atoms with Gasteiger partial charge in [-0.15, -0.1) is 17.7 Å². The number of carbonyl (C=O) groups excluding carboxylic acids is 1. The Labute approximate surface area is 173 Å². The highest BCUT2D eigenvalue weighted by molar-refractivity contribution is 14.1. The lowest BCUT2D eigenvalue weighted by Crippen LogP contribution is -2.47. The first-order chi connectivity index (χ1) is 12.3. The summed E-state index contributed by atoms with van der Waals surface area (Å²) in [5.74, 6) is 6.33. The van der Waals surface area contributed by atoms with Crippen LogP contribution in [0.1, 0.15) is 32.8 Å². The maximum atomic E-state index is 12.6. The second-order valence-corrected chi connectivity index (χ2v) is 8.44. The van der Waals surface area contributed by atoms with Gasteiger partial charge in [-0.1, -0.05) is 31.0 Å². The number of hydrogen-bond donors (Lipinski definition) is 1. The fraction of sp³-hybridized carbons (Fsp3) is 0.400. The zero-order valence-corrected chi connectivity index (χ0v) is 18.6.